The molecule has 0 aromatic heterocycles. The maximum Gasteiger partial charge on any atom is 0.0735 e. The summed E-state index contributed by atoms with van der Waals surface area (Å²) in [5.41, 5.74) is 0.567. The zero-order valence-electron chi connectivity index (χ0n) is 11.3. The van der Waals surface area contributed by atoms with Crippen molar-refractivity contribution in [3.63, 3.8) is 0 Å². The van der Waals surface area contributed by atoms with Gasteiger partial charge in [0.15, 0.2) is 0 Å². The second-order valence-corrected chi connectivity index (χ2v) is 6.37. The van der Waals surface area contributed by atoms with Gasteiger partial charge in [-0.05, 0) is 49.0 Å². The lowest BCUT2D eigenvalue weighted by Crippen LogP contribution is -2.51. The van der Waals surface area contributed by atoms with Crippen molar-refractivity contribution in [2.24, 2.45) is 23.7 Å². The quantitative estimate of drug-likeness (QED) is 0.726. The third kappa shape index (κ3) is 2.17. The molecule has 2 nitrogen and oxygen atoms in total. The minimum Gasteiger partial charge on any atom is -0.392 e. The number of rotatable bonds is 2. The SMILES string of the molecule is CC1CCC(O)(C(C)C)C2C=C(CO)CCC12. The van der Waals surface area contributed by atoms with Crippen LogP contribution in [0.15, 0.2) is 11.6 Å². The van der Waals surface area contributed by atoms with E-state index in [1.54, 1.807) is 0 Å². The molecule has 4 atom stereocenters. The minimum atomic E-state index is -0.558. The summed E-state index contributed by atoms with van der Waals surface area (Å²) in [5, 5.41) is 20.3. The highest BCUT2D eigenvalue weighted by Gasteiger charge is 2.48. The molecule has 4 unspecified atom stereocenters. The Morgan fingerprint density at radius 2 is 2.12 bits per heavy atom. The second kappa shape index (κ2) is 4.74. The summed E-state index contributed by atoms with van der Waals surface area (Å²) in [6, 6.07) is 0. The largest absolute Gasteiger partial charge is 0.392 e. The van der Waals surface area contributed by atoms with Gasteiger partial charge in [-0.3, -0.25) is 0 Å². The predicted molar refractivity (Wildman–Crippen MR) is 69.6 cm³/mol. The number of hydrogen-bond acceptors (Lipinski definition) is 2. The molecule has 0 amide bonds. The molecular formula is C15H26O2. The fraction of sp³-hybridized carbons (Fsp3) is 0.867. The molecule has 98 valence electrons. The summed E-state index contributed by atoms with van der Waals surface area (Å²) in [7, 11) is 0. The third-order valence-corrected chi connectivity index (χ3v) is 5.19. The summed E-state index contributed by atoms with van der Waals surface area (Å²) >= 11 is 0. The van der Waals surface area contributed by atoms with Gasteiger partial charge < -0.3 is 10.2 Å². The van der Waals surface area contributed by atoms with Gasteiger partial charge >= 0.3 is 0 Å². The molecule has 2 aliphatic carbocycles. The molecule has 0 saturated heterocycles. The maximum absolute atomic E-state index is 10.9. The van der Waals surface area contributed by atoms with E-state index in [-0.39, 0.29) is 18.4 Å². The molecule has 1 saturated carbocycles. The molecule has 0 heterocycles. The minimum absolute atomic E-state index is 0.159. The van der Waals surface area contributed by atoms with Crippen molar-refractivity contribution in [2.75, 3.05) is 6.61 Å². The summed E-state index contributed by atoms with van der Waals surface area (Å²) in [5.74, 6) is 1.85. The first-order valence-electron chi connectivity index (χ1n) is 7.02. The Balaban J connectivity index is 2.32. The number of aliphatic hydroxyl groups excluding tert-OH is 1. The normalized spacial score (nSPS) is 42.2. The molecule has 0 aromatic carbocycles. The zero-order chi connectivity index (χ0) is 12.6. The van der Waals surface area contributed by atoms with E-state index in [0.29, 0.717) is 11.8 Å². The van der Waals surface area contributed by atoms with Crippen LogP contribution in [-0.2, 0) is 0 Å². The number of hydrogen-bond donors (Lipinski definition) is 2. The predicted octanol–water partition coefficient (Wildman–Crippen LogP) is 2.75. The van der Waals surface area contributed by atoms with E-state index in [4.69, 9.17) is 0 Å². The molecule has 0 spiro atoms. The van der Waals surface area contributed by atoms with Crippen LogP contribution in [0.3, 0.4) is 0 Å². The van der Waals surface area contributed by atoms with Crippen LogP contribution >= 0.6 is 0 Å². The highest BCUT2D eigenvalue weighted by molar-refractivity contribution is 5.17. The Kier molecular flexibility index (Phi) is 3.65. The highest BCUT2D eigenvalue weighted by atomic mass is 16.3. The smallest absolute Gasteiger partial charge is 0.0735 e. The van der Waals surface area contributed by atoms with Crippen LogP contribution in [0.2, 0.25) is 0 Å². The molecule has 17 heavy (non-hydrogen) atoms. The summed E-state index contributed by atoms with van der Waals surface area (Å²) < 4.78 is 0. The first-order valence-corrected chi connectivity index (χ1v) is 7.02. The van der Waals surface area contributed by atoms with Crippen molar-refractivity contribution < 1.29 is 10.2 Å². The molecule has 2 heteroatoms. The average Bonchev–Trinajstić information content (AvgIpc) is 2.33. The van der Waals surface area contributed by atoms with Gasteiger partial charge in [0.2, 0.25) is 0 Å². The van der Waals surface area contributed by atoms with Crippen LogP contribution in [-0.4, -0.2) is 22.4 Å². The molecule has 0 aliphatic heterocycles. The second-order valence-electron chi connectivity index (χ2n) is 6.37. The van der Waals surface area contributed by atoms with Crippen molar-refractivity contribution in [3.05, 3.63) is 11.6 Å². The molecule has 0 radical (unpaired) electrons. The Labute approximate surface area is 105 Å². The van der Waals surface area contributed by atoms with Crippen molar-refractivity contribution >= 4 is 0 Å². The fourth-order valence-electron chi connectivity index (χ4n) is 3.79. The van der Waals surface area contributed by atoms with Crippen molar-refractivity contribution in [1.29, 1.82) is 0 Å². The van der Waals surface area contributed by atoms with Crippen LogP contribution in [0.5, 0.6) is 0 Å². The van der Waals surface area contributed by atoms with Crippen LogP contribution in [0.1, 0.15) is 46.5 Å². The fourth-order valence-corrected chi connectivity index (χ4v) is 3.79. The number of aliphatic hydroxyl groups is 2. The van der Waals surface area contributed by atoms with E-state index in [0.717, 1.165) is 31.3 Å². The van der Waals surface area contributed by atoms with Crippen molar-refractivity contribution in [2.45, 2.75) is 52.1 Å². The zero-order valence-corrected chi connectivity index (χ0v) is 11.3. The molecular weight excluding hydrogens is 212 g/mol. The molecule has 2 N–H and O–H groups in total. The van der Waals surface area contributed by atoms with Crippen molar-refractivity contribution in [1.82, 2.24) is 0 Å². The van der Waals surface area contributed by atoms with Crippen LogP contribution in [0, 0.1) is 23.7 Å². The molecule has 0 aromatic rings. The summed E-state index contributed by atoms with van der Waals surface area (Å²) in [6.07, 6.45) is 6.37. The van der Waals surface area contributed by atoms with E-state index in [1.165, 1.54) is 0 Å². The van der Waals surface area contributed by atoms with E-state index in [1.807, 2.05) is 0 Å². The van der Waals surface area contributed by atoms with Gasteiger partial charge in [-0.2, -0.15) is 0 Å². The van der Waals surface area contributed by atoms with Gasteiger partial charge in [-0.1, -0.05) is 26.8 Å². The number of fused-ring (bicyclic) bond motifs is 1. The monoisotopic (exact) mass is 238 g/mol. The molecule has 2 aliphatic rings. The Morgan fingerprint density at radius 3 is 2.71 bits per heavy atom. The Morgan fingerprint density at radius 1 is 1.41 bits per heavy atom. The van der Waals surface area contributed by atoms with E-state index >= 15 is 0 Å². The van der Waals surface area contributed by atoms with Gasteiger partial charge in [-0.15, -0.1) is 0 Å². The van der Waals surface area contributed by atoms with Crippen LogP contribution in [0.25, 0.3) is 0 Å². The maximum atomic E-state index is 10.9. The van der Waals surface area contributed by atoms with Crippen LogP contribution in [0.4, 0.5) is 0 Å². The topological polar surface area (TPSA) is 40.5 Å². The standard InChI is InChI=1S/C15H26O2/c1-10(2)15(17)7-6-11(3)13-5-4-12(9-16)8-14(13)15/h8,10-11,13-14,16-17H,4-7,9H2,1-3H3. The summed E-state index contributed by atoms with van der Waals surface area (Å²) in [4.78, 5) is 0. The van der Waals surface area contributed by atoms with Gasteiger partial charge in [0.05, 0.1) is 12.2 Å². The Bertz CT molecular complexity index is 308. The van der Waals surface area contributed by atoms with Crippen LogP contribution < -0.4 is 0 Å². The average molecular weight is 238 g/mol. The van der Waals surface area contributed by atoms with E-state index in [9.17, 15) is 10.2 Å². The lowest BCUT2D eigenvalue weighted by Gasteiger charge is -2.51. The third-order valence-electron chi connectivity index (χ3n) is 5.19. The van der Waals surface area contributed by atoms with Crippen molar-refractivity contribution in [3.8, 4) is 0 Å². The van der Waals surface area contributed by atoms with E-state index < -0.39 is 5.60 Å². The van der Waals surface area contributed by atoms with Gasteiger partial charge in [0, 0.05) is 5.92 Å². The Hall–Kier alpha value is -0.340. The summed E-state index contributed by atoms with van der Waals surface area (Å²) in [6.45, 7) is 6.71. The lowest BCUT2D eigenvalue weighted by molar-refractivity contribution is -0.107. The van der Waals surface area contributed by atoms with Gasteiger partial charge in [-0.25, -0.2) is 0 Å². The highest BCUT2D eigenvalue weighted by Crippen LogP contribution is 2.50. The molecule has 1 fully saturated rings. The molecule has 0 bridgehead atoms. The molecule has 2 rings (SSSR count). The van der Waals surface area contributed by atoms with E-state index in [2.05, 4.69) is 26.8 Å². The van der Waals surface area contributed by atoms with Gasteiger partial charge in [0.25, 0.3) is 0 Å². The first-order chi connectivity index (χ1) is 7.99. The lowest BCUT2D eigenvalue weighted by atomic mass is 9.58. The first kappa shape index (κ1) is 13.1. The van der Waals surface area contributed by atoms with Gasteiger partial charge in [0.1, 0.15) is 0 Å².